The van der Waals surface area contributed by atoms with Gasteiger partial charge in [-0.15, -0.1) is 11.8 Å². The van der Waals surface area contributed by atoms with Crippen molar-refractivity contribution in [3.63, 3.8) is 0 Å². The third-order valence-corrected chi connectivity index (χ3v) is 5.11. The zero-order valence-electron chi connectivity index (χ0n) is 12.8. The van der Waals surface area contributed by atoms with Crippen molar-refractivity contribution in [2.24, 2.45) is 4.99 Å². The van der Waals surface area contributed by atoms with Crippen molar-refractivity contribution in [2.45, 2.75) is 6.61 Å². The minimum atomic E-state index is -0.390. The first kappa shape index (κ1) is 17.4. The maximum absolute atomic E-state index is 13.1. The molecule has 1 aliphatic rings. The van der Waals surface area contributed by atoms with Crippen LogP contribution in [0.1, 0.15) is 11.1 Å². The Kier molecular flexibility index (Phi) is 5.54. The van der Waals surface area contributed by atoms with E-state index in [1.165, 1.54) is 12.1 Å². The molecule has 3 rings (SSSR count). The standard InChI is InChI=1S/C17H14Cl2FNO2S/c1-22-15-7-11(17-21-4-5-24-17)6-14(19)16(15)23-9-10-2-3-12(20)8-13(10)18/h2-3,6-8H,4-5,9H2,1H3. The van der Waals surface area contributed by atoms with Gasteiger partial charge in [-0.2, -0.15) is 0 Å². The third kappa shape index (κ3) is 3.79. The SMILES string of the molecule is COc1cc(C2=NCCS2)cc(Cl)c1OCc1ccc(F)cc1Cl. The van der Waals surface area contributed by atoms with E-state index in [0.717, 1.165) is 22.9 Å². The van der Waals surface area contributed by atoms with Gasteiger partial charge < -0.3 is 9.47 Å². The second-order valence-electron chi connectivity index (χ2n) is 5.05. The molecule has 2 aromatic rings. The molecule has 0 saturated heterocycles. The Morgan fingerprint density at radius 3 is 2.71 bits per heavy atom. The highest BCUT2D eigenvalue weighted by atomic mass is 35.5. The number of hydrogen-bond acceptors (Lipinski definition) is 4. The van der Waals surface area contributed by atoms with E-state index < -0.39 is 5.82 Å². The summed E-state index contributed by atoms with van der Waals surface area (Å²) >= 11 is 14.1. The predicted molar refractivity (Wildman–Crippen MR) is 97.6 cm³/mol. The quantitative estimate of drug-likeness (QED) is 0.707. The lowest BCUT2D eigenvalue weighted by atomic mass is 10.2. The van der Waals surface area contributed by atoms with Gasteiger partial charge in [0.2, 0.25) is 0 Å². The van der Waals surface area contributed by atoms with Crippen molar-refractivity contribution in [2.75, 3.05) is 19.4 Å². The van der Waals surface area contributed by atoms with Gasteiger partial charge in [-0.05, 0) is 24.3 Å². The number of aliphatic imine (C=N–C) groups is 1. The Morgan fingerprint density at radius 2 is 2.04 bits per heavy atom. The summed E-state index contributed by atoms with van der Waals surface area (Å²) < 4.78 is 24.3. The fourth-order valence-corrected chi connectivity index (χ4v) is 3.61. The largest absolute Gasteiger partial charge is 0.493 e. The molecule has 126 valence electrons. The van der Waals surface area contributed by atoms with Crippen molar-refractivity contribution in [1.82, 2.24) is 0 Å². The van der Waals surface area contributed by atoms with Crippen LogP contribution in [0.25, 0.3) is 0 Å². The molecule has 0 saturated carbocycles. The van der Waals surface area contributed by atoms with E-state index in [1.807, 2.05) is 12.1 Å². The smallest absolute Gasteiger partial charge is 0.180 e. The van der Waals surface area contributed by atoms with Crippen LogP contribution in [-0.4, -0.2) is 24.5 Å². The Morgan fingerprint density at radius 1 is 1.21 bits per heavy atom. The Balaban J connectivity index is 1.84. The molecule has 0 radical (unpaired) electrons. The molecule has 1 heterocycles. The molecule has 24 heavy (non-hydrogen) atoms. The Bertz CT molecular complexity index is 798. The summed E-state index contributed by atoms with van der Waals surface area (Å²) in [6.07, 6.45) is 0. The molecular weight excluding hydrogens is 372 g/mol. The van der Waals surface area contributed by atoms with E-state index in [1.54, 1.807) is 24.9 Å². The Labute approximate surface area is 153 Å². The molecule has 0 atom stereocenters. The fourth-order valence-electron chi connectivity index (χ4n) is 2.28. The number of ether oxygens (including phenoxy) is 2. The molecule has 0 N–H and O–H groups in total. The zero-order chi connectivity index (χ0) is 17.1. The van der Waals surface area contributed by atoms with Gasteiger partial charge in [0.25, 0.3) is 0 Å². The first-order valence-electron chi connectivity index (χ1n) is 7.20. The van der Waals surface area contributed by atoms with Gasteiger partial charge in [-0.1, -0.05) is 29.3 Å². The van der Waals surface area contributed by atoms with Crippen LogP contribution in [0.3, 0.4) is 0 Å². The van der Waals surface area contributed by atoms with E-state index in [-0.39, 0.29) is 6.61 Å². The van der Waals surface area contributed by atoms with Gasteiger partial charge in [-0.3, -0.25) is 4.99 Å². The van der Waals surface area contributed by atoms with Crippen molar-refractivity contribution in [3.05, 3.63) is 57.3 Å². The number of hydrogen-bond donors (Lipinski definition) is 0. The number of halogens is 3. The highest BCUT2D eigenvalue weighted by Crippen LogP contribution is 2.38. The first-order chi connectivity index (χ1) is 11.6. The van der Waals surface area contributed by atoms with Crippen LogP contribution < -0.4 is 9.47 Å². The van der Waals surface area contributed by atoms with Crippen LogP contribution in [0.5, 0.6) is 11.5 Å². The van der Waals surface area contributed by atoms with Crippen molar-refractivity contribution in [1.29, 1.82) is 0 Å². The molecular formula is C17H14Cl2FNO2S. The lowest BCUT2D eigenvalue weighted by molar-refractivity contribution is 0.284. The maximum atomic E-state index is 13.1. The van der Waals surface area contributed by atoms with Crippen molar-refractivity contribution >= 4 is 40.0 Å². The van der Waals surface area contributed by atoms with Crippen LogP contribution in [0.4, 0.5) is 4.39 Å². The molecule has 0 fully saturated rings. The van der Waals surface area contributed by atoms with Gasteiger partial charge in [0.1, 0.15) is 12.4 Å². The molecule has 2 aromatic carbocycles. The van der Waals surface area contributed by atoms with E-state index in [0.29, 0.717) is 27.1 Å². The first-order valence-corrected chi connectivity index (χ1v) is 8.94. The minimum Gasteiger partial charge on any atom is -0.493 e. The summed E-state index contributed by atoms with van der Waals surface area (Å²) in [7, 11) is 1.55. The summed E-state index contributed by atoms with van der Waals surface area (Å²) in [5.74, 6) is 1.52. The lowest BCUT2D eigenvalue weighted by Crippen LogP contribution is -2.01. The van der Waals surface area contributed by atoms with Crippen LogP contribution in [0.2, 0.25) is 10.0 Å². The average molecular weight is 386 g/mol. The lowest BCUT2D eigenvalue weighted by Gasteiger charge is -2.14. The van der Waals surface area contributed by atoms with Gasteiger partial charge in [0.05, 0.1) is 22.2 Å². The second-order valence-corrected chi connectivity index (χ2v) is 6.95. The van der Waals surface area contributed by atoms with Gasteiger partial charge in [-0.25, -0.2) is 4.39 Å². The molecule has 0 aromatic heterocycles. The molecule has 0 amide bonds. The van der Waals surface area contributed by atoms with Crippen molar-refractivity contribution in [3.8, 4) is 11.5 Å². The summed E-state index contributed by atoms with van der Waals surface area (Å²) in [5, 5.41) is 1.68. The molecule has 7 heteroatoms. The van der Waals surface area contributed by atoms with E-state index in [4.69, 9.17) is 32.7 Å². The van der Waals surface area contributed by atoms with Crippen molar-refractivity contribution < 1.29 is 13.9 Å². The number of rotatable bonds is 5. The highest BCUT2D eigenvalue weighted by Gasteiger charge is 2.17. The van der Waals surface area contributed by atoms with Crippen LogP contribution in [0, 0.1) is 5.82 Å². The Hall–Kier alpha value is -1.43. The molecule has 0 aliphatic carbocycles. The van der Waals surface area contributed by atoms with E-state index in [9.17, 15) is 4.39 Å². The van der Waals surface area contributed by atoms with Crippen LogP contribution in [-0.2, 0) is 6.61 Å². The molecule has 0 unspecified atom stereocenters. The molecule has 0 bridgehead atoms. The van der Waals surface area contributed by atoms with Gasteiger partial charge >= 0.3 is 0 Å². The second kappa shape index (κ2) is 7.64. The average Bonchev–Trinajstić information content (AvgIpc) is 3.09. The van der Waals surface area contributed by atoms with Crippen LogP contribution in [0.15, 0.2) is 35.3 Å². The summed E-state index contributed by atoms with van der Waals surface area (Å²) in [5.41, 5.74) is 1.57. The fraction of sp³-hybridized carbons (Fsp3) is 0.235. The molecule has 3 nitrogen and oxygen atoms in total. The number of thioether (sulfide) groups is 1. The predicted octanol–water partition coefficient (Wildman–Crippen LogP) is 5.21. The summed E-state index contributed by atoms with van der Waals surface area (Å²) in [4.78, 5) is 4.44. The van der Waals surface area contributed by atoms with Crippen LogP contribution >= 0.6 is 35.0 Å². The van der Waals surface area contributed by atoms with Gasteiger partial charge in [0.15, 0.2) is 11.5 Å². The van der Waals surface area contributed by atoms with E-state index >= 15 is 0 Å². The number of nitrogens with zero attached hydrogens (tertiary/aromatic N) is 1. The number of benzene rings is 2. The molecule has 0 spiro atoms. The minimum absolute atomic E-state index is 0.157. The number of methoxy groups -OCH3 is 1. The monoisotopic (exact) mass is 385 g/mol. The third-order valence-electron chi connectivity index (χ3n) is 3.45. The normalized spacial score (nSPS) is 13.8. The molecule has 1 aliphatic heterocycles. The topological polar surface area (TPSA) is 30.8 Å². The summed E-state index contributed by atoms with van der Waals surface area (Å²) in [6.45, 7) is 0.964. The summed E-state index contributed by atoms with van der Waals surface area (Å²) in [6, 6.07) is 7.82. The highest BCUT2D eigenvalue weighted by molar-refractivity contribution is 8.14. The van der Waals surface area contributed by atoms with Gasteiger partial charge in [0, 0.05) is 23.4 Å². The van der Waals surface area contributed by atoms with E-state index in [2.05, 4.69) is 4.99 Å². The maximum Gasteiger partial charge on any atom is 0.180 e. The zero-order valence-corrected chi connectivity index (χ0v) is 15.1.